The zero-order chi connectivity index (χ0) is 18.5. The molecule has 0 aliphatic rings. The van der Waals surface area contributed by atoms with E-state index in [4.69, 9.17) is 11.2 Å². The van der Waals surface area contributed by atoms with E-state index in [1.165, 1.54) is 0 Å². The molecule has 0 spiro atoms. The van der Waals surface area contributed by atoms with Gasteiger partial charge >= 0.3 is 0 Å². The monoisotopic (exact) mass is 405 g/mol. The third-order valence-corrected chi connectivity index (χ3v) is 4.07. The van der Waals surface area contributed by atoms with Crippen LogP contribution in [0.15, 0.2) is 51.7 Å². The van der Waals surface area contributed by atoms with Crippen LogP contribution in [0.3, 0.4) is 0 Å². The van der Waals surface area contributed by atoms with Gasteiger partial charge in [0.1, 0.15) is 18.4 Å². The summed E-state index contributed by atoms with van der Waals surface area (Å²) in [7, 11) is 0. The van der Waals surface area contributed by atoms with E-state index in [1.54, 1.807) is 36.4 Å². The van der Waals surface area contributed by atoms with Gasteiger partial charge in [-0.05, 0) is 30.3 Å². The number of halogens is 1. The molecule has 0 radical (unpaired) electrons. The number of ether oxygens (including phenoxy) is 1. The molecule has 6 heteroatoms. The average Bonchev–Trinajstić information content (AvgIpc) is 2.65. The fourth-order valence-electron chi connectivity index (χ4n) is 2.40. The molecule has 0 bridgehead atoms. The molecule has 26 heavy (non-hydrogen) atoms. The van der Waals surface area contributed by atoms with E-state index < -0.39 is 0 Å². The summed E-state index contributed by atoms with van der Waals surface area (Å²) in [5.74, 6) is 3.14. The van der Waals surface area contributed by atoms with E-state index in [0.29, 0.717) is 22.2 Å². The maximum absolute atomic E-state index is 12.3. The van der Waals surface area contributed by atoms with Gasteiger partial charge in [-0.25, -0.2) is 4.98 Å². The third kappa shape index (κ3) is 3.66. The largest absolute Gasteiger partial charge is 0.480 e. The number of nitrogens with one attached hydrogen (secondary N) is 1. The van der Waals surface area contributed by atoms with Crippen LogP contribution in [-0.4, -0.2) is 16.6 Å². The van der Waals surface area contributed by atoms with Gasteiger partial charge in [-0.3, -0.25) is 4.79 Å². The minimum Gasteiger partial charge on any atom is -0.480 e. The number of benzene rings is 2. The van der Waals surface area contributed by atoms with E-state index in [1.807, 2.05) is 12.1 Å². The Morgan fingerprint density at radius 2 is 2.15 bits per heavy atom. The van der Waals surface area contributed by atoms with Gasteiger partial charge < -0.3 is 9.72 Å². The lowest BCUT2D eigenvalue weighted by Gasteiger charge is -2.07. The molecule has 0 aliphatic heterocycles. The Morgan fingerprint density at radius 1 is 1.35 bits per heavy atom. The van der Waals surface area contributed by atoms with Crippen molar-refractivity contribution in [1.82, 2.24) is 9.97 Å². The first-order valence-electron chi connectivity index (χ1n) is 7.59. The first-order valence-corrected chi connectivity index (χ1v) is 8.38. The maximum atomic E-state index is 12.3. The number of hydrogen-bond donors (Lipinski definition) is 1. The van der Waals surface area contributed by atoms with Crippen LogP contribution in [0.25, 0.3) is 22.6 Å². The highest BCUT2D eigenvalue weighted by Crippen LogP contribution is 2.24. The lowest BCUT2D eigenvalue weighted by molar-refractivity contribution is 0.369. The second-order valence-corrected chi connectivity index (χ2v) is 6.19. The number of fused-ring (bicyclic) bond motifs is 1. The van der Waals surface area contributed by atoms with Gasteiger partial charge in [0.15, 0.2) is 5.82 Å². The Labute approximate surface area is 158 Å². The van der Waals surface area contributed by atoms with Crippen molar-refractivity contribution in [2.24, 2.45) is 0 Å². The molecular formula is C20H12BrN3O2. The summed E-state index contributed by atoms with van der Waals surface area (Å²) in [4.78, 5) is 19.4. The number of nitrogens with zero attached hydrogens (tertiary/aromatic N) is 2. The van der Waals surface area contributed by atoms with Crippen molar-refractivity contribution >= 4 is 38.5 Å². The van der Waals surface area contributed by atoms with Crippen molar-refractivity contribution < 1.29 is 4.74 Å². The molecule has 126 valence electrons. The molecule has 0 aliphatic carbocycles. The predicted octanol–water partition coefficient (Wildman–Crippen LogP) is 3.76. The Morgan fingerprint density at radius 3 is 2.92 bits per heavy atom. The highest BCUT2D eigenvalue weighted by molar-refractivity contribution is 9.10. The van der Waals surface area contributed by atoms with Crippen molar-refractivity contribution in [3.8, 4) is 24.2 Å². The second kappa shape index (κ2) is 7.69. The fraction of sp³-hybridized carbons (Fsp3) is 0.0500. The van der Waals surface area contributed by atoms with Gasteiger partial charge in [-0.1, -0.05) is 40.0 Å². The molecule has 0 saturated carbocycles. The van der Waals surface area contributed by atoms with E-state index in [0.717, 1.165) is 4.47 Å². The molecule has 0 fully saturated rings. The molecule has 1 heterocycles. The normalized spacial score (nSPS) is 11.0. The summed E-state index contributed by atoms with van der Waals surface area (Å²) in [6.45, 7) is 0.118. The van der Waals surface area contributed by atoms with E-state index in [2.05, 4.69) is 37.9 Å². The van der Waals surface area contributed by atoms with Crippen LogP contribution in [-0.2, 0) is 0 Å². The Balaban J connectivity index is 2.11. The van der Waals surface area contributed by atoms with Gasteiger partial charge in [0.25, 0.3) is 5.56 Å². The smallest absolute Gasteiger partial charge is 0.259 e. The lowest BCUT2D eigenvalue weighted by Crippen LogP contribution is -2.11. The number of nitriles is 1. The molecule has 0 amide bonds. The van der Waals surface area contributed by atoms with Crippen LogP contribution in [0.5, 0.6) is 5.75 Å². The number of para-hydroxylation sites is 1. The minimum atomic E-state index is -0.315. The van der Waals surface area contributed by atoms with Crippen molar-refractivity contribution in [1.29, 1.82) is 5.26 Å². The number of rotatable bonds is 4. The Kier molecular flexibility index (Phi) is 5.17. The van der Waals surface area contributed by atoms with Crippen molar-refractivity contribution in [2.75, 3.05) is 6.61 Å². The maximum Gasteiger partial charge on any atom is 0.259 e. The summed E-state index contributed by atoms with van der Waals surface area (Å²) in [6.07, 6.45) is 6.84. The molecule has 0 atom stereocenters. The van der Waals surface area contributed by atoms with Gasteiger partial charge in [-0.15, -0.1) is 6.42 Å². The van der Waals surface area contributed by atoms with Gasteiger partial charge in [0.2, 0.25) is 0 Å². The first kappa shape index (κ1) is 17.5. The number of aromatic amines is 1. The quantitative estimate of drug-likeness (QED) is 0.529. The second-order valence-electron chi connectivity index (χ2n) is 5.28. The standard InChI is InChI=1S/C20H12BrN3O2/c1-2-9-26-18-6-4-3-5-13(18)10-14(12-22)19-23-17-8-7-15(21)11-16(17)20(25)24-19/h1,3-8,10-11H,9H2,(H,23,24,25)/b14-10+. The molecule has 1 aromatic heterocycles. The molecule has 2 aromatic carbocycles. The Bertz CT molecular complexity index is 1150. The zero-order valence-corrected chi connectivity index (χ0v) is 15.1. The highest BCUT2D eigenvalue weighted by Gasteiger charge is 2.10. The molecular weight excluding hydrogens is 394 g/mol. The Hall–Kier alpha value is -3.35. The summed E-state index contributed by atoms with van der Waals surface area (Å²) in [6, 6.07) is 14.4. The van der Waals surface area contributed by atoms with Crippen LogP contribution >= 0.6 is 15.9 Å². The van der Waals surface area contributed by atoms with Crippen molar-refractivity contribution in [3.63, 3.8) is 0 Å². The molecule has 5 nitrogen and oxygen atoms in total. The fourth-order valence-corrected chi connectivity index (χ4v) is 2.76. The number of hydrogen-bond acceptors (Lipinski definition) is 4. The number of aromatic nitrogens is 2. The van der Waals surface area contributed by atoms with Crippen LogP contribution in [0.2, 0.25) is 0 Å². The van der Waals surface area contributed by atoms with E-state index in [-0.39, 0.29) is 23.6 Å². The van der Waals surface area contributed by atoms with Crippen molar-refractivity contribution in [3.05, 3.63) is 68.7 Å². The topological polar surface area (TPSA) is 78.8 Å². The summed E-state index contributed by atoms with van der Waals surface area (Å²) < 4.78 is 6.27. The summed E-state index contributed by atoms with van der Waals surface area (Å²) in [5, 5.41) is 10.00. The molecule has 0 unspecified atom stereocenters. The van der Waals surface area contributed by atoms with E-state index >= 15 is 0 Å². The minimum absolute atomic E-state index is 0.118. The zero-order valence-electron chi connectivity index (χ0n) is 13.5. The average molecular weight is 406 g/mol. The SMILES string of the molecule is C#CCOc1ccccc1/C=C(\C#N)c1nc2ccc(Br)cc2c(=O)[nH]1. The summed E-state index contributed by atoms with van der Waals surface area (Å²) >= 11 is 3.33. The molecule has 3 rings (SSSR count). The van der Waals surface area contributed by atoms with Gasteiger partial charge in [-0.2, -0.15) is 5.26 Å². The van der Waals surface area contributed by atoms with E-state index in [9.17, 15) is 10.1 Å². The molecule has 0 saturated heterocycles. The molecule has 1 N–H and O–H groups in total. The molecule has 3 aromatic rings. The lowest BCUT2D eigenvalue weighted by atomic mass is 10.1. The first-order chi connectivity index (χ1) is 12.6. The van der Waals surface area contributed by atoms with Crippen LogP contribution in [0, 0.1) is 23.7 Å². The summed E-state index contributed by atoms with van der Waals surface area (Å²) in [5.41, 5.74) is 1.07. The highest BCUT2D eigenvalue weighted by atomic mass is 79.9. The van der Waals surface area contributed by atoms with Gasteiger partial charge in [0.05, 0.1) is 16.5 Å². The van der Waals surface area contributed by atoms with Crippen molar-refractivity contribution in [2.45, 2.75) is 0 Å². The van der Waals surface area contributed by atoms with Crippen LogP contribution in [0.4, 0.5) is 0 Å². The van der Waals surface area contributed by atoms with Gasteiger partial charge in [0, 0.05) is 10.0 Å². The van der Waals surface area contributed by atoms with Crippen LogP contribution < -0.4 is 10.3 Å². The van der Waals surface area contributed by atoms with Crippen LogP contribution in [0.1, 0.15) is 11.4 Å². The number of H-pyrrole nitrogens is 1. The number of allylic oxidation sites excluding steroid dienone is 1. The predicted molar refractivity (Wildman–Crippen MR) is 104 cm³/mol. The number of terminal acetylenes is 1. The third-order valence-electron chi connectivity index (χ3n) is 3.57.